The number of ketones is 1. The fourth-order valence-electron chi connectivity index (χ4n) is 4.30. The van der Waals surface area contributed by atoms with Gasteiger partial charge in [0.15, 0.2) is 22.9 Å². The van der Waals surface area contributed by atoms with Crippen LogP contribution in [0.5, 0.6) is 5.75 Å². The summed E-state index contributed by atoms with van der Waals surface area (Å²) in [6, 6.07) is 12.6. The summed E-state index contributed by atoms with van der Waals surface area (Å²) in [5.74, 6) is -2.27. The van der Waals surface area contributed by atoms with E-state index in [1.807, 2.05) is 0 Å². The molecule has 9 nitrogen and oxygen atoms in total. The fourth-order valence-corrected chi connectivity index (χ4v) is 4.30. The molecule has 0 spiro atoms. The van der Waals surface area contributed by atoms with Gasteiger partial charge in [0.05, 0.1) is 30.0 Å². The lowest BCUT2D eigenvalue weighted by molar-refractivity contribution is -0.117. The summed E-state index contributed by atoms with van der Waals surface area (Å²) in [7, 11) is 1.48. The third kappa shape index (κ3) is 3.11. The standard InChI is InChI=1S/C25H16FN3O6/c1-33-17-5-2-4-12-10-18(35-23(12)17)21(30)19-20(16-6-3-9-34-16)29(24(32)22(19)31)25-27-14-8-7-13(26)11-15(14)28-25/h2-11,20,31H,1H3,(H,27,28). The minimum atomic E-state index is -1.15. The maximum absolute atomic E-state index is 13.7. The zero-order chi connectivity index (χ0) is 24.3. The molecule has 2 N–H and O–H groups in total. The van der Waals surface area contributed by atoms with Crippen molar-refractivity contribution in [3.05, 3.63) is 89.5 Å². The van der Waals surface area contributed by atoms with E-state index in [1.54, 1.807) is 30.3 Å². The van der Waals surface area contributed by atoms with Gasteiger partial charge in [0, 0.05) is 5.39 Å². The van der Waals surface area contributed by atoms with Gasteiger partial charge in [-0.15, -0.1) is 0 Å². The molecular weight excluding hydrogens is 457 g/mol. The number of nitrogens with one attached hydrogen (secondary N) is 1. The van der Waals surface area contributed by atoms with Crippen LogP contribution in [0.4, 0.5) is 10.3 Å². The Labute approximate surface area is 196 Å². The third-order valence-electron chi connectivity index (χ3n) is 5.88. The van der Waals surface area contributed by atoms with E-state index in [4.69, 9.17) is 13.6 Å². The van der Waals surface area contributed by atoms with Gasteiger partial charge in [0.1, 0.15) is 17.6 Å². The van der Waals surface area contributed by atoms with Gasteiger partial charge in [-0.2, -0.15) is 0 Å². The Kier molecular flexibility index (Phi) is 4.49. The van der Waals surface area contributed by atoms with Crippen LogP contribution in [0.3, 0.4) is 0 Å². The van der Waals surface area contributed by atoms with Crippen LogP contribution in [0.1, 0.15) is 22.4 Å². The number of anilines is 1. The van der Waals surface area contributed by atoms with Crippen LogP contribution in [0.25, 0.3) is 22.0 Å². The Morgan fingerprint density at radius 1 is 1.20 bits per heavy atom. The number of fused-ring (bicyclic) bond motifs is 2. The van der Waals surface area contributed by atoms with Crippen molar-refractivity contribution in [2.24, 2.45) is 0 Å². The second-order valence-corrected chi connectivity index (χ2v) is 7.90. The summed E-state index contributed by atoms with van der Waals surface area (Å²) in [4.78, 5) is 35.2. The van der Waals surface area contributed by atoms with Crippen LogP contribution in [0, 0.1) is 5.82 Å². The number of amides is 1. The Bertz CT molecular complexity index is 1660. The van der Waals surface area contributed by atoms with Crippen LogP contribution >= 0.6 is 0 Å². The number of hydrogen-bond acceptors (Lipinski definition) is 7. The number of rotatable bonds is 5. The number of aliphatic hydroxyl groups is 1. The van der Waals surface area contributed by atoms with Crippen molar-refractivity contribution >= 4 is 39.6 Å². The molecule has 1 atom stereocenters. The van der Waals surface area contributed by atoms with Crippen molar-refractivity contribution in [3.63, 3.8) is 0 Å². The number of aromatic nitrogens is 2. The van der Waals surface area contributed by atoms with E-state index in [0.29, 0.717) is 27.8 Å². The number of aliphatic hydroxyl groups excluding tert-OH is 1. The first-order valence-electron chi connectivity index (χ1n) is 10.5. The van der Waals surface area contributed by atoms with Crippen molar-refractivity contribution in [1.82, 2.24) is 9.97 Å². The number of imidazole rings is 1. The van der Waals surface area contributed by atoms with Gasteiger partial charge in [-0.1, -0.05) is 12.1 Å². The molecule has 2 aromatic carbocycles. The molecule has 1 aliphatic heterocycles. The molecule has 6 rings (SSSR count). The summed E-state index contributed by atoms with van der Waals surface area (Å²) in [6.07, 6.45) is 1.38. The van der Waals surface area contributed by atoms with Crippen LogP contribution < -0.4 is 9.64 Å². The van der Waals surface area contributed by atoms with Crippen molar-refractivity contribution in [3.8, 4) is 5.75 Å². The number of ether oxygens (including phenoxy) is 1. The molecule has 0 saturated heterocycles. The van der Waals surface area contributed by atoms with Gasteiger partial charge in [0.25, 0.3) is 5.91 Å². The maximum Gasteiger partial charge on any atom is 0.296 e. The van der Waals surface area contributed by atoms with Gasteiger partial charge >= 0.3 is 0 Å². The van der Waals surface area contributed by atoms with Crippen molar-refractivity contribution in [1.29, 1.82) is 0 Å². The Morgan fingerprint density at radius 3 is 2.83 bits per heavy atom. The summed E-state index contributed by atoms with van der Waals surface area (Å²) in [5, 5.41) is 11.5. The maximum atomic E-state index is 13.7. The molecule has 0 saturated carbocycles. The summed E-state index contributed by atoms with van der Waals surface area (Å²) in [5.41, 5.74) is 0.855. The highest BCUT2D eigenvalue weighted by molar-refractivity contribution is 6.20. The highest BCUT2D eigenvalue weighted by atomic mass is 19.1. The zero-order valence-corrected chi connectivity index (χ0v) is 18.1. The highest BCUT2D eigenvalue weighted by Crippen LogP contribution is 2.42. The minimum Gasteiger partial charge on any atom is -0.503 e. The second-order valence-electron chi connectivity index (χ2n) is 7.90. The number of para-hydroxylation sites is 1. The number of carbonyl (C=O) groups excluding carboxylic acids is 2. The van der Waals surface area contributed by atoms with Crippen LogP contribution in [-0.2, 0) is 4.79 Å². The van der Waals surface area contributed by atoms with E-state index in [0.717, 1.165) is 4.90 Å². The molecule has 3 aromatic heterocycles. The number of Topliss-reactive ketones (excluding diaryl/α,β-unsaturated/α-hetero) is 1. The van der Waals surface area contributed by atoms with Gasteiger partial charge in [-0.25, -0.2) is 9.37 Å². The Morgan fingerprint density at radius 2 is 2.06 bits per heavy atom. The van der Waals surface area contributed by atoms with E-state index in [-0.39, 0.29) is 23.0 Å². The predicted molar refractivity (Wildman–Crippen MR) is 122 cm³/mol. The lowest BCUT2D eigenvalue weighted by atomic mass is 9.99. The largest absolute Gasteiger partial charge is 0.503 e. The monoisotopic (exact) mass is 473 g/mol. The average molecular weight is 473 g/mol. The summed E-state index contributed by atoms with van der Waals surface area (Å²) < 4.78 is 30.3. The molecule has 1 amide bonds. The lowest BCUT2D eigenvalue weighted by Gasteiger charge is -2.21. The lowest BCUT2D eigenvalue weighted by Crippen LogP contribution is -2.31. The first kappa shape index (κ1) is 20.7. The average Bonchev–Trinajstić information content (AvgIpc) is 3.64. The van der Waals surface area contributed by atoms with Crippen LogP contribution in [-0.4, -0.2) is 33.9 Å². The van der Waals surface area contributed by atoms with E-state index in [1.165, 1.54) is 37.6 Å². The third-order valence-corrected chi connectivity index (χ3v) is 5.88. The molecule has 1 unspecified atom stereocenters. The molecule has 1 aliphatic rings. The molecule has 0 bridgehead atoms. The minimum absolute atomic E-state index is 0.0117. The predicted octanol–water partition coefficient (Wildman–Crippen LogP) is 4.83. The smallest absolute Gasteiger partial charge is 0.296 e. The number of hydrogen-bond donors (Lipinski definition) is 2. The van der Waals surface area contributed by atoms with Crippen molar-refractivity contribution in [2.75, 3.05) is 12.0 Å². The topological polar surface area (TPSA) is 122 Å². The molecular formula is C25H16FN3O6. The number of benzene rings is 2. The van der Waals surface area contributed by atoms with Gasteiger partial charge in [0.2, 0.25) is 11.7 Å². The molecule has 5 aromatic rings. The number of carbonyl (C=O) groups is 2. The first-order valence-corrected chi connectivity index (χ1v) is 10.5. The van der Waals surface area contributed by atoms with Crippen molar-refractivity contribution in [2.45, 2.75) is 6.04 Å². The number of nitrogens with zero attached hydrogens (tertiary/aromatic N) is 2. The summed E-state index contributed by atoms with van der Waals surface area (Å²) >= 11 is 0. The second kappa shape index (κ2) is 7.59. The Hall–Kier alpha value is -4.86. The molecule has 10 heteroatoms. The molecule has 174 valence electrons. The van der Waals surface area contributed by atoms with Gasteiger partial charge in [-0.3, -0.25) is 14.5 Å². The normalized spacial score (nSPS) is 16.1. The van der Waals surface area contributed by atoms with Crippen LogP contribution in [0.2, 0.25) is 0 Å². The van der Waals surface area contributed by atoms with E-state index >= 15 is 0 Å². The molecule has 0 aliphatic carbocycles. The molecule has 35 heavy (non-hydrogen) atoms. The number of methoxy groups -OCH3 is 1. The quantitative estimate of drug-likeness (QED) is 0.351. The molecule has 0 fully saturated rings. The number of aromatic amines is 1. The number of halogens is 1. The van der Waals surface area contributed by atoms with Gasteiger partial charge in [-0.05, 0) is 42.5 Å². The van der Waals surface area contributed by atoms with Crippen LogP contribution in [0.15, 0.2) is 81.0 Å². The van der Waals surface area contributed by atoms with Crippen molar-refractivity contribution < 1.29 is 32.7 Å². The van der Waals surface area contributed by atoms with E-state index in [9.17, 15) is 19.1 Å². The SMILES string of the molecule is COc1cccc2cc(C(=O)C3=C(O)C(=O)N(c4nc5ccc(F)cc5[nH]4)C3c3ccco3)oc12. The summed E-state index contributed by atoms with van der Waals surface area (Å²) in [6.45, 7) is 0. The first-order chi connectivity index (χ1) is 17.0. The van der Waals surface area contributed by atoms with E-state index in [2.05, 4.69) is 9.97 Å². The van der Waals surface area contributed by atoms with E-state index < -0.39 is 29.3 Å². The fraction of sp³-hybridized carbons (Fsp3) is 0.0800. The molecule has 4 heterocycles. The Balaban J connectivity index is 1.49. The number of furan rings is 2. The number of H-pyrrole nitrogens is 1. The zero-order valence-electron chi connectivity index (χ0n) is 18.1. The highest BCUT2D eigenvalue weighted by Gasteiger charge is 2.48. The molecule has 0 radical (unpaired) electrons. The van der Waals surface area contributed by atoms with Gasteiger partial charge < -0.3 is 23.7 Å².